The molecule has 0 aliphatic rings. The fraction of sp³-hybridized carbons (Fsp3) is 0.615. The zero-order valence-electron chi connectivity index (χ0n) is 12.2. The molecule has 108 valence electrons. The van der Waals surface area contributed by atoms with E-state index in [1.165, 1.54) is 0 Å². The number of aliphatic imine (C=N–C) groups is 1. The van der Waals surface area contributed by atoms with Crippen LogP contribution in [0.5, 0.6) is 0 Å². The van der Waals surface area contributed by atoms with Crippen molar-refractivity contribution in [2.45, 2.75) is 12.3 Å². The molecule has 0 aliphatic heterocycles. The van der Waals surface area contributed by atoms with Crippen LogP contribution in [0.4, 0.5) is 0 Å². The zero-order chi connectivity index (χ0) is 14.3. The lowest BCUT2D eigenvalue weighted by atomic mass is 10.4. The van der Waals surface area contributed by atoms with Crippen LogP contribution in [0.15, 0.2) is 21.5 Å². The predicted molar refractivity (Wildman–Crippen MR) is 82.4 cm³/mol. The molecule has 1 aromatic heterocycles. The van der Waals surface area contributed by atoms with Crippen molar-refractivity contribution in [2.24, 2.45) is 10.7 Å². The number of hydrogen-bond acceptors (Lipinski definition) is 4. The van der Waals surface area contributed by atoms with Gasteiger partial charge in [0, 0.05) is 19.8 Å². The Kier molecular flexibility index (Phi) is 6.80. The average molecular weight is 284 g/mol. The molecular weight excluding hydrogens is 260 g/mol. The Balaban J connectivity index is 2.23. The number of rotatable bonds is 7. The van der Waals surface area contributed by atoms with Gasteiger partial charge in [0.25, 0.3) is 0 Å². The fourth-order valence-corrected chi connectivity index (χ4v) is 2.16. The van der Waals surface area contributed by atoms with Gasteiger partial charge in [-0.2, -0.15) is 11.8 Å². The van der Waals surface area contributed by atoms with E-state index in [-0.39, 0.29) is 0 Å². The van der Waals surface area contributed by atoms with E-state index in [0.29, 0.717) is 5.96 Å². The molecule has 0 radical (unpaired) electrons. The highest BCUT2D eigenvalue weighted by molar-refractivity contribution is 7.98. The number of thioether (sulfide) groups is 1. The molecule has 6 heteroatoms. The minimum absolute atomic E-state index is 0.576. The van der Waals surface area contributed by atoms with Crippen molar-refractivity contribution in [3.8, 4) is 0 Å². The Bertz CT molecular complexity index is 401. The molecule has 0 unspecified atom stereocenters. The summed E-state index contributed by atoms with van der Waals surface area (Å²) < 4.78 is 5.73. The summed E-state index contributed by atoms with van der Waals surface area (Å²) >= 11 is 1.80. The van der Waals surface area contributed by atoms with Gasteiger partial charge in [-0.05, 0) is 26.2 Å². The molecule has 0 bridgehead atoms. The highest BCUT2D eigenvalue weighted by atomic mass is 32.2. The van der Waals surface area contributed by atoms with Crippen LogP contribution >= 0.6 is 11.8 Å². The first-order valence-corrected chi connectivity index (χ1v) is 7.42. The van der Waals surface area contributed by atoms with Gasteiger partial charge in [-0.25, -0.2) is 0 Å². The number of nitrogens with two attached hydrogens (primary N) is 1. The smallest absolute Gasteiger partial charge is 0.190 e. The molecule has 0 aliphatic carbocycles. The second-order valence-corrected chi connectivity index (χ2v) is 5.90. The highest BCUT2D eigenvalue weighted by Crippen LogP contribution is 2.16. The minimum Gasteiger partial charge on any atom is -0.464 e. The second kappa shape index (κ2) is 8.12. The van der Waals surface area contributed by atoms with Crippen molar-refractivity contribution in [1.82, 2.24) is 9.80 Å². The van der Waals surface area contributed by atoms with Gasteiger partial charge in [-0.15, -0.1) is 0 Å². The van der Waals surface area contributed by atoms with Crippen LogP contribution in [0.2, 0.25) is 0 Å². The van der Waals surface area contributed by atoms with Crippen molar-refractivity contribution >= 4 is 17.7 Å². The van der Waals surface area contributed by atoms with Gasteiger partial charge in [0.05, 0.1) is 18.8 Å². The molecule has 0 spiro atoms. The summed E-state index contributed by atoms with van der Waals surface area (Å²) in [5.74, 6) is 4.43. The number of nitrogens with zero attached hydrogens (tertiary/aromatic N) is 3. The standard InChI is InChI=1S/C13H24N4OS/c1-16(2)9-11-5-6-12(18-11)10-19-8-7-15-13(14)17(3)4/h5-6H,7-10H2,1-4H3,(H2,14,15). The van der Waals surface area contributed by atoms with Crippen molar-refractivity contribution in [3.05, 3.63) is 23.7 Å². The third-order valence-corrected chi connectivity index (χ3v) is 3.36. The maximum Gasteiger partial charge on any atom is 0.190 e. The third kappa shape index (κ3) is 6.54. The summed E-state index contributed by atoms with van der Waals surface area (Å²) in [7, 11) is 7.84. The number of guanidine groups is 1. The van der Waals surface area contributed by atoms with Gasteiger partial charge in [0.1, 0.15) is 11.5 Å². The molecule has 5 nitrogen and oxygen atoms in total. The van der Waals surface area contributed by atoms with E-state index in [0.717, 1.165) is 36.1 Å². The average Bonchev–Trinajstić information content (AvgIpc) is 2.75. The topological polar surface area (TPSA) is 58.0 Å². The summed E-state index contributed by atoms with van der Waals surface area (Å²) in [5, 5.41) is 0. The SMILES string of the molecule is CN(C)Cc1ccc(CSCCN=C(N)N(C)C)o1. The Morgan fingerprint density at radius 3 is 2.58 bits per heavy atom. The first kappa shape index (κ1) is 15.9. The van der Waals surface area contributed by atoms with Gasteiger partial charge in [-0.1, -0.05) is 0 Å². The first-order chi connectivity index (χ1) is 8.99. The maximum absolute atomic E-state index is 5.73. The van der Waals surface area contributed by atoms with Crippen LogP contribution < -0.4 is 5.73 Å². The monoisotopic (exact) mass is 284 g/mol. The Morgan fingerprint density at radius 2 is 1.95 bits per heavy atom. The molecule has 0 atom stereocenters. The maximum atomic E-state index is 5.73. The lowest BCUT2D eigenvalue weighted by Gasteiger charge is -2.09. The first-order valence-electron chi connectivity index (χ1n) is 6.26. The quantitative estimate of drug-likeness (QED) is 0.466. The molecule has 0 saturated heterocycles. The lowest BCUT2D eigenvalue weighted by Crippen LogP contribution is -2.30. The van der Waals surface area contributed by atoms with E-state index in [2.05, 4.69) is 9.89 Å². The molecule has 2 N–H and O–H groups in total. The van der Waals surface area contributed by atoms with Crippen LogP contribution in [-0.2, 0) is 12.3 Å². The molecule has 1 aromatic rings. The Morgan fingerprint density at radius 1 is 1.26 bits per heavy atom. The summed E-state index contributed by atoms with van der Waals surface area (Å²) in [6, 6.07) is 4.08. The van der Waals surface area contributed by atoms with Crippen molar-refractivity contribution in [2.75, 3.05) is 40.5 Å². The molecule has 0 aromatic carbocycles. The normalized spacial score (nSPS) is 12.2. The van der Waals surface area contributed by atoms with Crippen LogP contribution in [0.1, 0.15) is 11.5 Å². The van der Waals surface area contributed by atoms with Crippen LogP contribution in [0, 0.1) is 0 Å². The van der Waals surface area contributed by atoms with Gasteiger partial charge in [0.15, 0.2) is 5.96 Å². The Labute approximate surface area is 119 Å². The minimum atomic E-state index is 0.576. The molecule has 0 amide bonds. The van der Waals surface area contributed by atoms with Crippen LogP contribution in [-0.4, -0.2) is 56.2 Å². The summed E-state index contributed by atoms with van der Waals surface area (Å²) in [4.78, 5) is 8.16. The van der Waals surface area contributed by atoms with E-state index in [9.17, 15) is 0 Å². The van der Waals surface area contributed by atoms with Gasteiger partial charge in [0.2, 0.25) is 0 Å². The van der Waals surface area contributed by atoms with Crippen molar-refractivity contribution < 1.29 is 4.42 Å². The van der Waals surface area contributed by atoms with E-state index in [4.69, 9.17) is 10.2 Å². The molecule has 0 saturated carbocycles. The van der Waals surface area contributed by atoms with Gasteiger partial charge in [-0.3, -0.25) is 4.99 Å². The van der Waals surface area contributed by atoms with Crippen molar-refractivity contribution in [3.63, 3.8) is 0 Å². The van der Waals surface area contributed by atoms with Crippen molar-refractivity contribution in [1.29, 1.82) is 0 Å². The molecule has 0 fully saturated rings. The number of hydrogen-bond donors (Lipinski definition) is 1. The summed E-state index contributed by atoms with van der Waals surface area (Å²) in [5.41, 5.74) is 5.70. The van der Waals surface area contributed by atoms with Crippen LogP contribution in [0.3, 0.4) is 0 Å². The fourth-order valence-electron chi connectivity index (χ4n) is 1.44. The largest absolute Gasteiger partial charge is 0.464 e. The molecule has 1 heterocycles. The van der Waals surface area contributed by atoms with E-state index in [1.807, 2.05) is 45.2 Å². The predicted octanol–water partition coefficient (Wildman–Crippen LogP) is 1.45. The second-order valence-electron chi connectivity index (χ2n) is 4.79. The van der Waals surface area contributed by atoms with Gasteiger partial charge >= 0.3 is 0 Å². The Hall–Kier alpha value is -1.14. The number of furan rings is 1. The summed E-state index contributed by atoms with van der Waals surface area (Å²) in [6.07, 6.45) is 0. The van der Waals surface area contributed by atoms with E-state index >= 15 is 0 Å². The van der Waals surface area contributed by atoms with Gasteiger partial charge < -0.3 is 20.0 Å². The van der Waals surface area contributed by atoms with E-state index in [1.54, 1.807) is 11.8 Å². The molecule has 19 heavy (non-hydrogen) atoms. The molecular formula is C13H24N4OS. The van der Waals surface area contributed by atoms with E-state index < -0.39 is 0 Å². The zero-order valence-corrected chi connectivity index (χ0v) is 13.0. The third-order valence-electron chi connectivity index (χ3n) is 2.40. The highest BCUT2D eigenvalue weighted by Gasteiger charge is 2.03. The lowest BCUT2D eigenvalue weighted by molar-refractivity contribution is 0.344. The summed E-state index contributed by atoms with van der Waals surface area (Å²) in [6.45, 7) is 1.58. The molecule has 1 rings (SSSR count). The van der Waals surface area contributed by atoms with Crippen LogP contribution in [0.25, 0.3) is 0 Å².